The molecule has 0 amide bonds. The summed E-state index contributed by atoms with van der Waals surface area (Å²) in [5.41, 5.74) is 0.781. The smallest absolute Gasteiger partial charge is 0.243 e. The molecule has 4 nitrogen and oxygen atoms in total. The second kappa shape index (κ2) is 5.28. The highest BCUT2D eigenvalue weighted by molar-refractivity contribution is 9.10. The van der Waals surface area contributed by atoms with Crippen molar-refractivity contribution in [2.45, 2.75) is 24.8 Å². The second-order valence-electron chi connectivity index (χ2n) is 4.58. The van der Waals surface area contributed by atoms with Gasteiger partial charge in [-0.1, -0.05) is 22.0 Å². The summed E-state index contributed by atoms with van der Waals surface area (Å²) in [5.74, 6) is 0. The Balaban J connectivity index is 2.44. The highest BCUT2D eigenvalue weighted by Gasteiger charge is 2.31. The molecule has 1 aliphatic rings. The van der Waals surface area contributed by atoms with Crippen molar-refractivity contribution in [2.24, 2.45) is 0 Å². The van der Waals surface area contributed by atoms with Gasteiger partial charge >= 0.3 is 0 Å². The first-order chi connectivity index (χ1) is 8.43. The van der Waals surface area contributed by atoms with E-state index in [-0.39, 0.29) is 6.04 Å². The molecule has 0 radical (unpaired) electrons. The predicted molar refractivity (Wildman–Crippen MR) is 75.1 cm³/mol. The number of hydrogen-bond donors (Lipinski definition) is 1. The fourth-order valence-electron chi connectivity index (χ4n) is 2.16. The highest BCUT2D eigenvalue weighted by Crippen LogP contribution is 2.25. The van der Waals surface area contributed by atoms with E-state index in [2.05, 4.69) is 21.2 Å². The van der Waals surface area contributed by atoms with E-state index in [9.17, 15) is 8.42 Å². The molecule has 1 N–H and O–H groups in total. The summed E-state index contributed by atoms with van der Waals surface area (Å²) in [7, 11) is -3.40. The van der Waals surface area contributed by atoms with Gasteiger partial charge in [-0.25, -0.2) is 8.42 Å². The molecule has 1 fully saturated rings. The van der Waals surface area contributed by atoms with Crippen LogP contribution in [-0.2, 0) is 10.0 Å². The largest absolute Gasteiger partial charge is 0.314 e. The van der Waals surface area contributed by atoms with Crippen LogP contribution < -0.4 is 5.32 Å². The number of rotatable bonds is 2. The van der Waals surface area contributed by atoms with E-state index in [0.717, 1.165) is 10.0 Å². The quantitative estimate of drug-likeness (QED) is 0.897. The fourth-order valence-corrected chi connectivity index (χ4v) is 4.55. The molecule has 2 rings (SSSR count). The Hall–Kier alpha value is -0.430. The maximum atomic E-state index is 12.6. The summed E-state index contributed by atoms with van der Waals surface area (Å²) in [6.07, 6.45) is 0. The van der Waals surface area contributed by atoms with Crippen LogP contribution in [0.2, 0.25) is 0 Å². The maximum Gasteiger partial charge on any atom is 0.243 e. The first-order valence-corrected chi connectivity index (χ1v) is 8.15. The molecule has 0 bridgehead atoms. The SMILES string of the molecule is Cc1ccc(Br)cc1S(=O)(=O)N1CCNC[C@H]1C. The normalized spacial score (nSPS) is 22.1. The third-order valence-electron chi connectivity index (χ3n) is 3.18. The Kier molecular flexibility index (Phi) is 4.11. The third-order valence-corrected chi connectivity index (χ3v) is 5.83. The Morgan fingerprint density at radius 1 is 1.44 bits per heavy atom. The highest BCUT2D eigenvalue weighted by atomic mass is 79.9. The molecule has 0 saturated carbocycles. The van der Waals surface area contributed by atoms with Crippen LogP contribution in [0.3, 0.4) is 0 Å². The lowest BCUT2D eigenvalue weighted by Gasteiger charge is -2.33. The minimum absolute atomic E-state index is 0.0119. The van der Waals surface area contributed by atoms with Crippen LogP contribution in [0.4, 0.5) is 0 Å². The van der Waals surface area contributed by atoms with Gasteiger partial charge in [0.2, 0.25) is 10.0 Å². The molecule has 0 aliphatic carbocycles. The van der Waals surface area contributed by atoms with Gasteiger partial charge in [0.1, 0.15) is 0 Å². The summed E-state index contributed by atoms with van der Waals surface area (Å²) in [4.78, 5) is 0.394. The van der Waals surface area contributed by atoms with Crippen molar-refractivity contribution in [3.8, 4) is 0 Å². The van der Waals surface area contributed by atoms with Crippen molar-refractivity contribution in [2.75, 3.05) is 19.6 Å². The van der Waals surface area contributed by atoms with Crippen molar-refractivity contribution in [3.05, 3.63) is 28.2 Å². The van der Waals surface area contributed by atoms with E-state index in [1.54, 1.807) is 10.4 Å². The molecule has 6 heteroatoms. The van der Waals surface area contributed by atoms with Crippen LogP contribution in [0.1, 0.15) is 12.5 Å². The van der Waals surface area contributed by atoms with Gasteiger partial charge in [0.25, 0.3) is 0 Å². The van der Waals surface area contributed by atoms with Crippen molar-refractivity contribution < 1.29 is 8.42 Å². The van der Waals surface area contributed by atoms with Crippen molar-refractivity contribution in [1.29, 1.82) is 0 Å². The van der Waals surface area contributed by atoms with E-state index >= 15 is 0 Å². The summed E-state index contributed by atoms with van der Waals surface area (Å²) < 4.78 is 27.7. The Labute approximate surface area is 117 Å². The Bertz CT molecular complexity index is 545. The van der Waals surface area contributed by atoms with E-state index < -0.39 is 10.0 Å². The maximum absolute atomic E-state index is 12.6. The van der Waals surface area contributed by atoms with Crippen molar-refractivity contribution in [1.82, 2.24) is 9.62 Å². The molecule has 1 saturated heterocycles. The molecule has 1 aromatic rings. The van der Waals surface area contributed by atoms with Gasteiger partial charge in [-0.15, -0.1) is 0 Å². The van der Waals surface area contributed by atoms with Crippen LogP contribution in [0, 0.1) is 6.92 Å². The molecule has 100 valence electrons. The zero-order valence-electron chi connectivity index (χ0n) is 10.5. The number of hydrogen-bond acceptors (Lipinski definition) is 3. The van der Waals surface area contributed by atoms with E-state index in [1.165, 1.54) is 0 Å². The average molecular weight is 333 g/mol. The predicted octanol–water partition coefficient (Wildman–Crippen LogP) is 1.74. The lowest BCUT2D eigenvalue weighted by molar-refractivity contribution is 0.283. The molecular formula is C12H17BrN2O2S. The minimum Gasteiger partial charge on any atom is -0.314 e. The van der Waals surface area contributed by atoms with Crippen LogP contribution in [0.5, 0.6) is 0 Å². The van der Waals surface area contributed by atoms with Gasteiger partial charge < -0.3 is 5.32 Å². The second-order valence-corrected chi connectivity index (χ2v) is 7.35. The summed E-state index contributed by atoms with van der Waals surface area (Å²) >= 11 is 3.33. The van der Waals surface area contributed by atoms with E-state index in [0.29, 0.717) is 24.5 Å². The molecule has 0 aromatic heterocycles. The standard InChI is InChI=1S/C12H17BrN2O2S/c1-9-3-4-11(13)7-12(9)18(16,17)15-6-5-14-8-10(15)2/h3-4,7,10,14H,5-6,8H2,1-2H3/t10-/m1/s1. The molecule has 18 heavy (non-hydrogen) atoms. The van der Waals surface area contributed by atoms with Crippen molar-refractivity contribution in [3.63, 3.8) is 0 Å². The lowest BCUT2D eigenvalue weighted by atomic mass is 10.2. The number of nitrogens with one attached hydrogen (secondary N) is 1. The average Bonchev–Trinajstić information content (AvgIpc) is 2.32. The number of piperazine rings is 1. The van der Waals surface area contributed by atoms with Gasteiger partial charge in [0, 0.05) is 30.1 Å². The zero-order chi connectivity index (χ0) is 13.3. The number of halogens is 1. The van der Waals surface area contributed by atoms with Crippen LogP contribution in [-0.4, -0.2) is 38.4 Å². The summed E-state index contributed by atoms with van der Waals surface area (Å²) in [6.45, 7) is 5.68. The fraction of sp³-hybridized carbons (Fsp3) is 0.500. The molecule has 1 aliphatic heterocycles. The lowest BCUT2D eigenvalue weighted by Crippen LogP contribution is -2.52. The minimum atomic E-state index is -3.40. The molecule has 0 spiro atoms. The van der Waals surface area contributed by atoms with E-state index in [1.807, 2.05) is 26.0 Å². The molecular weight excluding hydrogens is 316 g/mol. The first kappa shape index (κ1) is 14.0. The van der Waals surface area contributed by atoms with Gasteiger partial charge in [-0.3, -0.25) is 0 Å². The first-order valence-electron chi connectivity index (χ1n) is 5.91. The van der Waals surface area contributed by atoms with Gasteiger partial charge in [-0.2, -0.15) is 4.31 Å². The van der Waals surface area contributed by atoms with E-state index in [4.69, 9.17) is 0 Å². The number of sulfonamides is 1. The van der Waals surface area contributed by atoms with Gasteiger partial charge in [0.05, 0.1) is 4.90 Å². The monoisotopic (exact) mass is 332 g/mol. The molecule has 1 aromatic carbocycles. The van der Waals surface area contributed by atoms with Crippen LogP contribution in [0.25, 0.3) is 0 Å². The molecule has 1 atom stereocenters. The molecule has 0 unspecified atom stereocenters. The summed E-state index contributed by atoms with van der Waals surface area (Å²) in [5, 5.41) is 3.20. The van der Waals surface area contributed by atoms with Gasteiger partial charge in [0.15, 0.2) is 0 Å². The van der Waals surface area contributed by atoms with Gasteiger partial charge in [-0.05, 0) is 31.5 Å². The topological polar surface area (TPSA) is 49.4 Å². The van der Waals surface area contributed by atoms with Crippen molar-refractivity contribution >= 4 is 26.0 Å². The number of benzene rings is 1. The third kappa shape index (κ3) is 2.61. The Morgan fingerprint density at radius 2 is 2.17 bits per heavy atom. The van der Waals surface area contributed by atoms with Crippen LogP contribution in [0.15, 0.2) is 27.6 Å². The summed E-state index contributed by atoms with van der Waals surface area (Å²) in [6, 6.07) is 5.35. The van der Waals surface area contributed by atoms with Crippen LogP contribution >= 0.6 is 15.9 Å². The molecule has 1 heterocycles. The number of aryl methyl sites for hydroxylation is 1. The Morgan fingerprint density at radius 3 is 2.83 bits per heavy atom. The number of nitrogens with zero attached hydrogens (tertiary/aromatic N) is 1. The zero-order valence-corrected chi connectivity index (χ0v) is 12.9.